The number of hydrogen-bond donors (Lipinski definition) is 0. The van der Waals surface area contributed by atoms with Gasteiger partial charge in [-0.05, 0) is 0 Å². The van der Waals surface area contributed by atoms with Gasteiger partial charge in [-0.2, -0.15) is 0 Å². The van der Waals surface area contributed by atoms with Crippen molar-refractivity contribution in [2.24, 2.45) is 0 Å². The van der Waals surface area contributed by atoms with Crippen LogP contribution < -0.4 is 0 Å². The first-order chi connectivity index (χ1) is 9.58. The Morgan fingerprint density at radius 1 is 0.500 bits per heavy atom. The molecule has 0 saturated carbocycles. The van der Waals surface area contributed by atoms with Gasteiger partial charge in [-0.15, -0.1) is 0 Å². The normalized spacial score (nSPS) is 14.7. The second-order valence-electron chi connectivity index (χ2n) is 4.52. The van der Waals surface area contributed by atoms with E-state index in [1.807, 2.05) is 0 Å². The SMILES string of the molecule is O=C1[N-]C(=O)c2ccc3c4c(ccc1c24)C(=O)[N-]C3=O.[Rf].[Rf]. The van der Waals surface area contributed by atoms with Crippen molar-refractivity contribution in [2.45, 2.75) is 0 Å². The van der Waals surface area contributed by atoms with Crippen LogP contribution in [0, 0.1) is 0 Å². The van der Waals surface area contributed by atoms with Gasteiger partial charge in [0.25, 0.3) is 0 Å². The van der Waals surface area contributed by atoms with Crippen LogP contribution in [0.1, 0.15) is 41.4 Å². The van der Waals surface area contributed by atoms with Gasteiger partial charge in [0, 0.05) is 33.0 Å². The van der Waals surface area contributed by atoms with E-state index >= 15 is 0 Å². The molecule has 2 aromatic carbocycles. The zero-order valence-corrected chi connectivity index (χ0v) is 24.0. The first-order valence-electron chi connectivity index (χ1n) is 5.78. The molecule has 0 spiro atoms. The first-order valence-corrected chi connectivity index (χ1v) is 5.78. The van der Waals surface area contributed by atoms with E-state index in [9.17, 15) is 19.2 Å². The number of imide groups is 2. The first kappa shape index (κ1) is 13.4. The fraction of sp³-hybridized carbons (Fsp3) is 0. The Kier molecular flexibility index (Phi) is 2.28. The molecule has 4 rings (SSSR count). The third-order valence-corrected chi connectivity index (χ3v) is 3.49. The van der Waals surface area contributed by atoms with Gasteiger partial charge in [0.15, 0.2) is 0 Å². The molecule has 100 valence electrons. The molecule has 0 saturated heterocycles. The minimum Gasteiger partial charge on any atom is -0.587 e. The molecule has 0 N–H and O–H groups in total. The van der Waals surface area contributed by atoms with Gasteiger partial charge < -0.3 is 29.8 Å². The van der Waals surface area contributed by atoms with Gasteiger partial charge in [0.05, 0.1) is 23.6 Å². The minimum absolute atomic E-state index is 0. The molecule has 0 radical (unpaired) electrons. The van der Waals surface area contributed by atoms with Gasteiger partial charge in [0.2, 0.25) is 0 Å². The number of benzene rings is 2. The number of amides is 4. The van der Waals surface area contributed by atoms with E-state index in [1.54, 1.807) is 0 Å². The Morgan fingerprint density at radius 3 is 0.955 bits per heavy atom. The number of carbonyl (C=O) groups is 4. The van der Waals surface area contributed by atoms with E-state index < -0.39 is 23.6 Å². The number of rotatable bonds is 0. The summed E-state index contributed by atoms with van der Waals surface area (Å²) in [4.78, 5) is 47.2. The van der Waals surface area contributed by atoms with Crippen LogP contribution in [0.2, 0.25) is 0 Å². The van der Waals surface area contributed by atoms with Gasteiger partial charge in [-0.1, -0.05) is 24.3 Å². The molecule has 2 aromatic rings. The molecule has 0 fully saturated rings. The fourth-order valence-corrected chi connectivity index (χ4v) is 2.63. The molecule has 0 atom stereocenters. The Labute approximate surface area is 111 Å². The van der Waals surface area contributed by atoms with Crippen molar-refractivity contribution >= 4 is 34.4 Å². The van der Waals surface area contributed by atoms with E-state index in [2.05, 4.69) is 10.6 Å². The van der Waals surface area contributed by atoms with Crippen molar-refractivity contribution in [3.63, 3.8) is 0 Å². The van der Waals surface area contributed by atoms with E-state index in [1.165, 1.54) is 24.3 Å². The van der Waals surface area contributed by atoms with Crippen molar-refractivity contribution < 1.29 is 19.2 Å². The van der Waals surface area contributed by atoms with E-state index in [-0.39, 0.29) is 22.3 Å². The van der Waals surface area contributed by atoms with Crippen LogP contribution in [0.15, 0.2) is 24.3 Å². The van der Waals surface area contributed by atoms with Gasteiger partial charge in [-0.3, -0.25) is 0 Å². The Balaban J connectivity index is 0.000000882. The molecule has 2 aliphatic rings. The van der Waals surface area contributed by atoms with E-state index in [0.29, 0.717) is 10.8 Å². The summed E-state index contributed by atoms with van der Waals surface area (Å²) in [6, 6.07) is 5.75. The number of nitrogens with zero attached hydrogens (tertiary/aromatic N) is 2. The quantitative estimate of drug-likeness (QED) is 0.383. The van der Waals surface area contributed by atoms with Gasteiger partial charge in [0.1, 0.15) is 0 Å². The van der Waals surface area contributed by atoms with Crippen molar-refractivity contribution in [1.82, 2.24) is 0 Å². The summed E-state index contributed by atoms with van der Waals surface area (Å²) in [7, 11) is 0. The molecular weight excluding hydrogens is 794 g/mol. The average molecular weight is 798 g/mol. The summed E-state index contributed by atoms with van der Waals surface area (Å²) < 4.78 is 0. The third-order valence-electron chi connectivity index (χ3n) is 3.49. The molecule has 22 heavy (non-hydrogen) atoms. The van der Waals surface area contributed by atoms with Crippen molar-refractivity contribution in [1.29, 1.82) is 0 Å². The summed E-state index contributed by atoms with van der Waals surface area (Å²) in [5, 5.41) is 7.48. The van der Waals surface area contributed by atoms with Gasteiger partial charge >= 0.3 is 0 Å². The van der Waals surface area contributed by atoms with Crippen LogP contribution in [0.5, 0.6) is 0 Å². The van der Waals surface area contributed by atoms with Crippen molar-refractivity contribution in [2.75, 3.05) is 0 Å². The van der Waals surface area contributed by atoms with Crippen molar-refractivity contribution in [3.8, 4) is 0 Å². The standard InChI is InChI=1S/C14H6N2O4.2Rf/c17-11-5-1-2-6-10-8(14(20)16-12(6)18)4-3-7(9(5)10)13(19)15-11;;/h1-4H,(H2,15,16,17,18,19,20);;/p-2. The Morgan fingerprint density at radius 2 is 0.727 bits per heavy atom. The van der Waals surface area contributed by atoms with E-state index in [0.717, 1.165) is 0 Å². The minimum atomic E-state index is -0.659. The monoisotopic (exact) mass is 798 g/mol. The smallest absolute Gasteiger partial charge is 0.0882 e. The molecule has 0 aromatic heterocycles. The summed E-state index contributed by atoms with van der Waals surface area (Å²) in [6.07, 6.45) is 0. The second-order valence-corrected chi connectivity index (χ2v) is 4.52. The van der Waals surface area contributed by atoms with Crippen molar-refractivity contribution in [3.05, 3.63) is 57.2 Å². The molecule has 6 nitrogen and oxygen atoms in total. The predicted molar refractivity (Wildman–Crippen MR) is 68.0 cm³/mol. The van der Waals surface area contributed by atoms with Crippen LogP contribution in [0.4, 0.5) is 0 Å². The maximum absolute atomic E-state index is 11.8. The summed E-state index contributed by atoms with van der Waals surface area (Å²) in [5.74, 6) is -2.63. The second kappa shape index (κ2) is 3.74. The summed E-state index contributed by atoms with van der Waals surface area (Å²) in [5.41, 5.74) is 0.899. The predicted octanol–water partition coefficient (Wildman–Crippen LogP) is 2.18. The number of hydrogen-bond acceptors (Lipinski definition) is 4. The van der Waals surface area contributed by atoms with Crippen LogP contribution >= 0.6 is 0 Å². The molecule has 2 heterocycles. The van der Waals surface area contributed by atoms with Crippen LogP contribution in [-0.2, 0) is 0 Å². The van der Waals surface area contributed by atoms with Crippen LogP contribution in [0.3, 0.4) is 0 Å². The molecular formula is C14H4N2O4Rf2-2. The summed E-state index contributed by atoms with van der Waals surface area (Å²) >= 11 is 0. The third kappa shape index (κ3) is 1.22. The molecule has 0 unspecified atom stereocenters. The molecule has 2 aliphatic heterocycles. The average Bonchev–Trinajstić information content (AvgIpc) is 2.42. The Bertz CT molecular complexity index is 753. The van der Waals surface area contributed by atoms with Crippen LogP contribution in [-0.4, -0.2) is 23.6 Å². The molecule has 8 heteroatoms. The summed E-state index contributed by atoms with van der Waals surface area (Å²) in [6.45, 7) is 0. The molecule has 4 amide bonds. The Hall–Kier alpha value is -5.02. The van der Waals surface area contributed by atoms with E-state index in [4.69, 9.17) is 0 Å². The zero-order chi connectivity index (χ0) is 14.0. The van der Waals surface area contributed by atoms with Crippen LogP contribution in [0.25, 0.3) is 21.4 Å². The largest absolute Gasteiger partial charge is 0.587 e. The maximum atomic E-state index is 11.8. The van der Waals surface area contributed by atoms with Gasteiger partial charge in [-0.25, -0.2) is 0 Å². The molecule has 0 bridgehead atoms. The maximum Gasteiger partial charge on any atom is 0.0882 e. The topological polar surface area (TPSA) is 96.5 Å². The molecule has 0 aliphatic carbocycles. The number of carbonyl (C=O) groups excluding carboxylic acids is 4. The zero-order valence-electron chi connectivity index (χ0n) is 11.3. The fourth-order valence-electron chi connectivity index (χ4n) is 2.63.